The highest BCUT2D eigenvalue weighted by atomic mass is 35.5. The highest BCUT2D eigenvalue weighted by Gasteiger charge is 2.22. The summed E-state index contributed by atoms with van der Waals surface area (Å²) in [6.07, 6.45) is 10.3. The predicted octanol–water partition coefficient (Wildman–Crippen LogP) is 7.12. The maximum atomic E-state index is 16.0. The minimum absolute atomic E-state index is 0.349. The van der Waals surface area contributed by atoms with Crippen molar-refractivity contribution in [1.29, 1.82) is 0 Å². The molecule has 2 heterocycles. The Labute approximate surface area is 218 Å². The van der Waals surface area contributed by atoms with Gasteiger partial charge in [-0.3, -0.25) is 0 Å². The van der Waals surface area contributed by atoms with E-state index < -0.39 is 0 Å². The lowest BCUT2D eigenvalue weighted by Gasteiger charge is -2.19. The fraction of sp³-hybridized carbons (Fsp3) is 0.483. The number of benzene rings is 2. The topological polar surface area (TPSA) is 45.1 Å². The van der Waals surface area contributed by atoms with Gasteiger partial charge >= 0.3 is 0 Å². The number of hydrogen-bond donors (Lipinski definition) is 2. The zero-order valence-electron chi connectivity index (χ0n) is 21.3. The first-order valence-corrected chi connectivity index (χ1v) is 13.7. The molecular formula is C29H37ClFN5. The molecule has 1 saturated carbocycles. The second-order valence-corrected chi connectivity index (χ2v) is 10.8. The molecule has 7 heteroatoms. The average Bonchev–Trinajstić information content (AvgIpc) is 3.35. The lowest BCUT2D eigenvalue weighted by atomic mass is 10.1. The summed E-state index contributed by atoms with van der Waals surface area (Å²) in [5, 5.41) is 7.43. The lowest BCUT2D eigenvalue weighted by Crippen LogP contribution is -2.20. The molecule has 192 valence electrons. The molecule has 5 nitrogen and oxygen atoms in total. The molecule has 1 aromatic heterocycles. The Balaban J connectivity index is 1.40. The molecule has 0 bridgehead atoms. The summed E-state index contributed by atoms with van der Waals surface area (Å²) in [6, 6.07) is 7.60. The van der Waals surface area contributed by atoms with Crippen LogP contribution in [-0.4, -0.2) is 40.6 Å². The molecule has 2 aliphatic rings. The van der Waals surface area contributed by atoms with Crippen LogP contribution in [0.15, 0.2) is 37.2 Å². The second kappa shape index (κ2) is 11.2. The molecule has 36 heavy (non-hydrogen) atoms. The van der Waals surface area contributed by atoms with Gasteiger partial charge in [0.2, 0.25) is 0 Å². The fourth-order valence-corrected chi connectivity index (χ4v) is 5.38. The molecule has 0 radical (unpaired) electrons. The third-order valence-electron chi connectivity index (χ3n) is 7.54. The zero-order chi connectivity index (χ0) is 25.1. The molecule has 5 rings (SSSR count). The third kappa shape index (κ3) is 5.87. The van der Waals surface area contributed by atoms with Crippen molar-refractivity contribution in [2.45, 2.75) is 58.4 Å². The quantitative estimate of drug-likeness (QED) is 0.255. The number of nitrogens with one attached hydrogen (secondary N) is 2. The Morgan fingerprint density at radius 3 is 2.69 bits per heavy atom. The van der Waals surface area contributed by atoms with Gasteiger partial charge in [0, 0.05) is 35.1 Å². The van der Waals surface area contributed by atoms with Crippen LogP contribution in [-0.2, 0) is 6.54 Å². The van der Waals surface area contributed by atoms with E-state index in [1.807, 2.05) is 31.2 Å². The summed E-state index contributed by atoms with van der Waals surface area (Å²) < 4.78 is 18.1. The van der Waals surface area contributed by atoms with Gasteiger partial charge in [0.05, 0.1) is 17.5 Å². The smallest absolute Gasteiger partial charge is 0.175 e. The van der Waals surface area contributed by atoms with E-state index in [1.54, 1.807) is 6.33 Å². The number of anilines is 2. The highest BCUT2D eigenvalue weighted by molar-refractivity contribution is 6.30. The normalized spacial score (nSPS) is 16.1. The Morgan fingerprint density at radius 1 is 1.17 bits per heavy atom. The van der Waals surface area contributed by atoms with Crippen LogP contribution in [0.1, 0.15) is 56.1 Å². The third-order valence-corrected chi connectivity index (χ3v) is 7.77. The molecule has 2 fully saturated rings. The summed E-state index contributed by atoms with van der Waals surface area (Å²) in [7, 11) is 0. The molecule has 1 saturated heterocycles. The summed E-state index contributed by atoms with van der Waals surface area (Å²) in [4.78, 5) is 7.01. The first-order valence-electron chi connectivity index (χ1n) is 13.4. The molecule has 0 atom stereocenters. The van der Waals surface area contributed by atoms with E-state index in [2.05, 4.69) is 31.7 Å². The van der Waals surface area contributed by atoms with E-state index in [9.17, 15) is 0 Å². The van der Waals surface area contributed by atoms with Gasteiger partial charge < -0.3 is 20.1 Å². The fourth-order valence-electron chi connectivity index (χ4n) is 5.15. The Morgan fingerprint density at radius 2 is 1.94 bits per heavy atom. The van der Waals surface area contributed by atoms with Crippen molar-refractivity contribution in [3.8, 4) is 0 Å². The number of hydrogen-bond acceptors (Lipinski definition) is 4. The average molecular weight is 510 g/mol. The monoisotopic (exact) mass is 509 g/mol. The molecule has 0 spiro atoms. The van der Waals surface area contributed by atoms with Crippen molar-refractivity contribution in [2.75, 3.05) is 31.5 Å². The first-order chi connectivity index (χ1) is 17.5. The van der Waals surface area contributed by atoms with Crippen LogP contribution in [0, 0.1) is 18.7 Å². The molecular weight excluding hydrogens is 473 g/mol. The second-order valence-electron chi connectivity index (χ2n) is 10.4. The summed E-state index contributed by atoms with van der Waals surface area (Å²) in [6.45, 7) is 11.5. The number of unbranched alkanes of at least 4 members (excludes halogenated alkanes) is 1. The zero-order valence-corrected chi connectivity index (χ0v) is 22.0. The molecule has 2 aromatic carbocycles. The van der Waals surface area contributed by atoms with Crippen molar-refractivity contribution in [3.05, 3.63) is 59.1 Å². The van der Waals surface area contributed by atoms with Crippen molar-refractivity contribution in [1.82, 2.24) is 19.8 Å². The largest absolute Gasteiger partial charge is 0.385 e. The predicted molar refractivity (Wildman–Crippen MR) is 148 cm³/mol. The molecule has 2 N–H and O–H groups in total. The van der Waals surface area contributed by atoms with E-state index in [0.717, 1.165) is 72.8 Å². The van der Waals surface area contributed by atoms with Crippen LogP contribution in [0.2, 0.25) is 5.02 Å². The molecule has 3 aromatic rings. The van der Waals surface area contributed by atoms with Crippen molar-refractivity contribution >= 4 is 39.7 Å². The highest BCUT2D eigenvalue weighted by Crippen LogP contribution is 2.36. The van der Waals surface area contributed by atoms with Crippen LogP contribution < -0.4 is 10.6 Å². The standard InChI is InChI=1S/C29H37ClFN5/c1-20-17-23(30)9-10-25(20)34-28-24(21(2)32-12-11-22-7-8-22)18-26-29(27(28)31)33-19-36(26)16-6-5-15-35-13-3-4-14-35/h9-10,17-19,22,32,34H,2-8,11-16H2,1H3. The number of fused-ring (bicyclic) bond motifs is 1. The van der Waals surface area contributed by atoms with Crippen LogP contribution in [0.25, 0.3) is 16.7 Å². The minimum Gasteiger partial charge on any atom is -0.385 e. The van der Waals surface area contributed by atoms with E-state index in [0.29, 0.717) is 16.2 Å². The number of imidazole rings is 1. The first kappa shape index (κ1) is 25.1. The summed E-state index contributed by atoms with van der Waals surface area (Å²) in [5.74, 6) is 0.471. The van der Waals surface area contributed by atoms with Gasteiger partial charge in [0.1, 0.15) is 5.52 Å². The van der Waals surface area contributed by atoms with E-state index in [-0.39, 0.29) is 5.82 Å². The van der Waals surface area contributed by atoms with Gasteiger partial charge in [-0.25, -0.2) is 9.37 Å². The number of nitrogens with zero attached hydrogens (tertiary/aromatic N) is 3. The van der Waals surface area contributed by atoms with Crippen LogP contribution in [0.3, 0.4) is 0 Å². The van der Waals surface area contributed by atoms with Gasteiger partial charge in [0.25, 0.3) is 0 Å². The van der Waals surface area contributed by atoms with E-state index >= 15 is 4.39 Å². The van der Waals surface area contributed by atoms with E-state index in [4.69, 9.17) is 11.6 Å². The van der Waals surface area contributed by atoms with Crippen molar-refractivity contribution in [3.63, 3.8) is 0 Å². The Hall–Kier alpha value is -2.57. The minimum atomic E-state index is -0.349. The van der Waals surface area contributed by atoms with Gasteiger partial charge in [-0.1, -0.05) is 31.0 Å². The van der Waals surface area contributed by atoms with Crippen molar-refractivity contribution < 1.29 is 4.39 Å². The lowest BCUT2D eigenvalue weighted by molar-refractivity contribution is 0.327. The number of halogens is 2. The molecule has 0 amide bonds. The van der Waals surface area contributed by atoms with Gasteiger partial charge in [-0.15, -0.1) is 0 Å². The Bertz CT molecular complexity index is 1230. The maximum Gasteiger partial charge on any atom is 0.175 e. The van der Waals surface area contributed by atoms with Crippen LogP contribution in [0.5, 0.6) is 0 Å². The Kier molecular flexibility index (Phi) is 7.82. The molecule has 1 aliphatic heterocycles. The molecule has 0 unspecified atom stereocenters. The number of aromatic nitrogens is 2. The van der Waals surface area contributed by atoms with Crippen LogP contribution in [0.4, 0.5) is 15.8 Å². The van der Waals surface area contributed by atoms with Gasteiger partial charge in [-0.2, -0.15) is 0 Å². The van der Waals surface area contributed by atoms with E-state index in [1.165, 1.54) is 38.8 Å². The SMILES string of the molecule is C=C(NCCC1CC1)c1cc2c(ncn2CCCCN2CCCC2)c(F)c1Nc1ccc(Cl)cc1C. The summed E-state index contributed by atoms with van der Waals surface area (Å²) >= 11 is 6.15. The summed E-state index contributed by atoms with van der Waals surface area (Å²) in [5.41, 5.74) is 4.83. The van der Waals surface area contributed by atoms with Crippen LogP contribution >= 0.6 is 11.6 Å². The molecule has 1 aliphatic carbocycles. The number of aryl methyl sites for hydroxylation is 2. The van der Waals surface area contributed by atoms with Gasteiger partial charge in [0.15, 0.2) is 5.82 Å². The van der Waals surface area contributed by atoms with Crippen molar-refractivity contribution in [2.24, 2.45) is 5.92 Å². The number of rotatable bonds is 12. The maximum absolute atomic E-state index is 16.0. The number of likely N-dealkylation sites (tertiary alicyclic amines) is 1. The van der Waals surface area contributed by atoms with Gasteiger partial charge in [-0.05, 0) is 94.4 Å².